The van der Waals surface area contributed by atoms with Crippen molar-refractivity contribution in [2.75, 3.05) is 26.4 Å². The fourth-order valence-corrected chi connectivity index (χ4v) is 6.36. The van der Waals surface area contributed by atoms with Gasteiger partial charge in [-0.05, 0) is 52.6 Å². The van der Waals surface area contributed by atoms with E-state index in [2.05, 4.69) is 34.8 Å². The molecule has 30 heavy (non-hydrogen) atoms. The van der Waals surface area contributed by atoms with E-state index >= 15 is 0 Å². The number of carbonyl (C=O) groups excluding carboxylic acids is 1. The third-order valence-corrected chi connectivity index (χ3v) is 7.90. The van der Waals surface area contributed by atoms with E-state index in [1.807, 2.05) is 0 Å². The van der Waals surface area contributed by atoms with Crippen LogP contribution in [0.25, 0.3) is 4.85 Å². The van der Waals surface area contributed by atoms with Crippen molar-refractivity contribution in [1.82, 2.24) is 9.80 Å². The molecule has 3 saturated heterocycles. The molecule has 5 heterocycles. The molecule has 0 aromatic carbocycles. The fraction of sp³-hybridized carbons (Fsp3) is 0.636. The van der Waals surface area contributed by atoms with E-state index in [1.165, 1.54) is 29.7 Å². The molecule has 5 rings (SSSR count). The van der Waals surface area contributed by atoms with E-state index in [0.29, 0.717) is 28.9 Å². The normalized spacial score (nSPS) is 28.7. The Balaban J connectivity index is 0.000000147. The highest BCUT2D eigenvalue weighted by atomic mass is 32.1. The molecule has 0 aliphatic carbocycles. The van der Waals surface area contributed by atoms with Crippen molar-refractivity contribution in [1.29, 1.82) is 10.5 Å². The van der Waals surface area contributed by atoms with Crippen molar-refractivity contribution >= 4 is 22.1 Å². The summed E-state index contributed by atoms with van der Waals surface area (Å²) in [5, 5.41) is 17.4. The lowest BCUT2D eigenvalue weighted by atomic mass is 9.98. The van der Waals surface area contributed by atoms with Gasteiger partial charge >= 0.3 is 0 Å². The minimum Gasteiger partial charge on any atom is -0.389 e. The number of hydrogen-bond donors (Lipinski definition) is 1. The van der Waals surface area contributed by atoms with Crippen LogP contribution in [0.3, 0.4) is 0 Å². The first-order valence-electron chi connectivity index (χ1n) is 10.4. The maximum Gasteiger partial charge on any atom is 0.298 e. The minimum absolute atomic E-state index is 0.0139. The summed E-state index contributed by atoms with van der Waals surface area (Å²) in [6, 6.07) is 6.06. The summed E-state index contributed by atoms with van der Waals surface area (Å²) in [6.45, 7) is 5.99. The summed E-state index contributed by atoms with van der Waals surface area (Å²) in [4.78, 5) is 20.0. The molecule has 4 aliphatic rings. The van der Waals surface area contributed by atoms with Crippen molar-refractivity contribution in [3.63, 3.8) is 0 Å². The lowest BCUT2D eigenvalue weighted by Gasteiger charge is -2.31. The Morgan fingerprint density at radius 1 is 1.13 bits per heavy atom. The molecule has 0 saturated carbocycles. The number of nitriles is 2. The standard InChI is InChI=1S/C11H13N3S.C8H13NO.C3H2N2/c1-14-6-2-3-8(14)10-7(5-12)11(13)15-9(10)4-6;1-9-6-2-4-7(9)8(10)5-3-6;1-5-3-2-4/h6,8H,2-4,13H2,1H3;6-7H,2-5H2,1H3;3H2. The number of rotatable bonds is 0. The van der Waals surface area contributed by atoms with Crippen molar-refractivity contribution in [2.45, 2.75) is 69.1 Å². The maximum absolute atomic E-state index is 11.2. The Kier molecular flexibility index (Phi) is 7.10. The zero-order valence-electron chi connectivity index (χ0n) is 17.6. The summed E-state index contributed by atoms with van der Waals surface area (Å²) in [5.74, 6) is 0.469. The van der Waals surface area contributed by atoms with Crippen molar-refractivity contribution in [2.24, 2.45) is 0 Å². The first-order valence-corrected chi connectivity index (χ1v) is 11.2. The van der Waals surface area contributed by atoms with Crippen LogP contribution < -0.4 is 5.73 Å². The van der Waals surface area contributed by atoms with E-state index in [1.54, 1.807) is 17.4 Å². The van der Waals surface area contributed by atoms with Crippen LogP contribution in [0.5, 0.6) is 0 Å². The van der Waals surface area contributed by atoms with Crippen LogP contribution in [0.4, 0.5) is 5.00 Å². The SMILES string of the molecule is CN1C2CCC(=O)C1CC2.CN1C2CCC1c1c(sc(N)c1C#N)C2.[C-]#[N+]CC#N. The Morgan fingerprint density at radius 2 is 1.80 bits per heavy atom. The van der Waals surface area contributed by atoms with Crippen molar-refractivity contribution in [3.8, 4) is 12.1 Å². The van der Waals surface area contributed by atoms with Gasteiger partial charge in [-0.1, -0.05) is 0 Å². The number of nitrogen functional groups attached to an aromatic ring is 1. The number of hydrogen-bond acceptors (Lipinski definition) is 7. The van der Waals surface area contributed by atoms with Crippen LogP contribution >= 0.6 is 11.3 Å². The highest BCUT2D eigenvalue weighted by molar-refractivity contribution is 7.16. The van der Waals surface area contributed by atoms with Crippen molar-refractivity contribution < 1.29 is 4.79 Å². The highest BCUT2D eigenvalue weighted by Crippen LogP contribution is 2.48. The molecule has 8 heteroatoms. The summed E-state index contributed by atoms with van der Waals surface area (Å²) >= 11 is 1.62. The molecule has 2 N–H and O–H groups in total. The molecule has 0 amide bonds. The Labute approximate surface area is 182 Å². The molecule has 0 spiro atoms. The third-order valence-electron chi connectivity index (χ3n) is 6.84. The predicted molar refractivity (Wildman–Crippen MR) is 117 cm³/mol. The first-order chi connectivity index (χ1) is 14.4. The lowest BCUT2D eigenvalue weighted by Crippen LogP contribution is -2.42. The zero-order chi connectivity index (χ0) is 21.8. The molecule has 3 fully saturated rings. The quantitative estimate of drug-likeness (QED) is 0.507. The second-order valence-electron chi connectivity index (χ2n) is 8.30. The second kappa shape index (κ2) is 9.58. The van der Waals surface area contributed by atoms with Gasteiger partial charge in [-0.15, -0.1) is 11.3 Å². The van der Waals surface area contributed by atoms with Gasteiger partial charge in [0.05, 0.1) is 11.6 Å². The van der Waals surface area contributed by atoms with E-state index in [-0.39, 0.29) is 6.54 Å². The highest BCUT2D eigenvalue weighted by Gasteiger charge is 2.41. The number of Topliss-reactive ketones (excluding diaryl/α,β-unsaturated/α-hetero) is 1. The smallest absolute Gasteiger partial charge is 0.298 e. The van der Waals surface area contributed by atoms with Gasteiger partial charge in [0.25, 0.3) is 6.54 Å². The number of anilines is 1. The van der Waals surface area contributed by atoms with Gasteiger partial charge < -0.3 is 10.6 Å². The number of nitrogens with zero attached hydrogens (tertiary/aromatic N) is 5. The van der Waals surface area contributed by atoms with Crippen LogP contribution in [-0.2, 0) is 11.2 Å². The van der Waals surface area contributed by atoms with E-state index < -0.39 is 0 Å². The molecule has 4 atom stereocenters. The Hall–Kier alpha value is -2.44. The van der Waals surface area contributed by atoms with Crippen LogP contribution in [0.1, 0.15) is 60.6 Å². The molecular weight excluding hydrogens is 396 g/mol. The fourth-order valence-electron chi connectivity index (χ4n) is 5.21. The van der Waals surface area contributed by atoms with Crippen LogP contribution in [0, 0.1) is 29.2 Å². The summed E-state index contributed by atoms with van der Waals surface area (Å²) in [7, 11) is 4.25. The number of nitrogens with two attached hydrogens (primary N) is 1. The molecule has 4 bridgehead atoms. The monoisotopic (exact) mass is 424 g/mol. The van der Waals surface area contributed by atoms with Crippen molar-refractivity contribution in [3.05, 3.63) is 27.4 Å². The van der Waals surface area contributed by atoms with Crippen LogP contribution in [-0.4, -0.2) is 54.3 Å². The Morgan fingerprint density at radius 3 is 2.40 bits per heavy atom. The average molecular weight is 425 g/mol. The van der Waals surface area contributed by atoms with Gasteiger partial charge in [-0.2, -0.15) is 10.5 Å². The maximum atomic E-state index is 11.2. The van der Waals surface area contributed by atoms with Gasteiger partial charge in [0.15, 0.2) is 0 Å². The number of piperidine rings is 1. The minimum atomic E-state index is -0.0139. The van der Waals surface area contributed by atoms with Gasteiger partial charge in [-0.3, -0.25) is 14.6 Å². The molecule has 1 aromatic heterocycles. The number of fused-ring (bicyclic) bond motifs is 6. The predicted octanol–water partition coefficient (Wildman–Crippen LogP) is 3.13. The molecule has 7 nitrogen and oxygen atoms in total. The lowest BCUT2D eigenvalue weighted by molar-refractivity contribution is -0.125. The van der Waals surface area contributed by atoms with Crippen LogP contribution in [0.2, 0.25) is 0 Å². The van der Waals surface area contributed by atoms with Crippen LogP contribution in [0.15, 0.2) is 0 Å². The second-order valence-corrected chi connectivity index (χ2v) is 9.44. The largest absolute Gasteiger partial charge is 0.389 e. The molecular formula is C22H28N6OS. The molecule has 4 aliphatic heterocycles. The molecule has 158 valence electrons. The average Bonchev–Trinajstić information content (AvgIpc) is 3.26. The number of thiophene rings is 1. The molecule has 4 unspecified atom stereocenters. The number of ketones is 1. The summed E-state index contributed by atoms with van der Waals surface area (Å²) < 4.78 is 0. The van der Waals surface area contributed by atoms with Gasteiger partial charge in [-0.25, -0.2) is 6.57 Å². The Bertz CT molecular complexity index is 908. The zero-order valence-corrected chi connectivity index (χ0v) is 18.4. The van der Waals surface area contributed by atoms with E-state index in [0.717, 1.165) is 37.3 Å². The summed E-state index contributed by atoms with van der Waals surface area (Å²) in [6.07, 6.45) is 7.81. The topological polar surface area (TPSA) is 102 Å². The molecule has 1 aromatic rings. The van der Waals surface area contributed by atoms with Gasteiger partial charge in [0.1, 0.15) is 22.9 Å². The van der Waals surface area contributed by atoms with E-state index in [9.17, 15) is 4.79 Å². The third kappa shape index (κ3) is 4.20. The van der Waals surface area contributed by atoms with E-state index in [4.69, 9.17) is 22.8 Å². The molecule has 0 radical (unpaired) electrons. The number of likely N-dealkylation sites (N-methyl/N-ethyl adjacent to an activating group) is 2. The van der Waals surface area contributed by atoms with Gasteiger partial charge in [0.2, 0.25) is 0 Å². The number of carbonyl (C=O) groups is 1. The summed E-state index contributed by atoms with van der Waals surface area (Å²) in [5.41, 5.74) is 7.86. The first kappa shape index (κ1) is 22.2. The van der Waals surface area contributed by atoms with Gasteiger partial charge in [0, 0.05) is 35.0 Å².